The fraction of sp³-hybridized carbons (Fsp3) is 0.353. The first kappa shape index (κ1) is 22.2. The Morgan fingerprint density at radius 1 is 1.38 bits per heavy atom. The van der Waals surface area contributed by atoms with Crippen LogP contribution in [-0.4, -0.2) is 34.4 Å². The Morgan fingerprint density at radius 3 is 2.73 bits per heavy atom. The van der Waals surface area contributed by atoms with Crippen LogP contribution < -0.4 is 15.4 Å². The third-order valence-electron chi connectivity index (χ3n) is 3.65. The fourth-order valence-electron chi connectivity index (χ4n) is 2.09. The summed E-state index contributed by atoms with van der Waals surface area (Å²) in [6, 6.07) is 5.62. The van der Waals surface area contributed by atoms with Gasteiger partial charge in [0.1, 0.15) is 11.6 Å². The number of ether oxygens (including phenoxy) is 1. The number of nitrogens with zero attached hydrogens (tertiary/aromatic N) is 4. The predicted octanol–water partition coefficient (Wildman–Crippen LogP) is 2.82. The molecule has 2 N–H and O–H groups in total. The number of nitrogens with one attached hydrogen (secondary N) is 2. The lowest BCUT2D eigenvalue weighted by molar-refractivity contribution is 0.415. The molecule has 0 fully saturated rings. The van der Waals surface area contributed by atoms with E-state index in [2.05, 4.69) is 32.4 Å². The van der Waals surface area contributed by atoms with Crippen molar-refractivity contribution in [2.45, 2.75) is 20.0 Å². The summed E-state index contributed by atoms with van der Waals surface area (Å²) in [5.41, 5.74) is 0.986. The minimum Gasteiger partial charge on any atom is -0.495 e. The van der Waals surface area contributed by atoms with Crippen LogP contribution in [0, 0.1) is 6.92 Å². The Morgan fingerprint density at radius 2 is 2.15 bits per heavy atom. The van der Waals surface area contributed by atoms with Crippen LogP contribution in [0.15, 0.2) is 35.8 Å². The van der Waals surface area contributed by atoms with E-state index in [-0.39, 0.29) is 24.0 Å². The lowest BCUT2D eigenvalue weighted by Gasteiger charge is -2.11. The molecule has 0 spiro atoms. The standard InChI is InChI=1S/C17H23ClN6O.HI/c1-5-8-19-17(21-11-16-23-22-12(2)24(16)3)20-10-13-6-7-15(25-4)14(18)9-13;/h5-7,9H,1,8,10-11H2,2-4H3,(H2,19,20,21);1H. The molecule has 2 aromatic rings. The minimum absolute atomic E-state index is 0. The number of hydrogen-bond acceptors (Lipinski definition) is 4. The molecule has 9 heteroatoms. The zero-order valence-electron chi connectivity index (χ0n) is 15.1. The number of aryl methyl sites for hydroxylation is 1. The smallest absolute Gasteiger partial charge is 0.192 e. The van der Waals surface area contributed by atoms with E-state index in [4.69, 9.17) is 16.3 Å². The summed E-state index contributed by atoms with van der Waals surface area (Å²) in [5, 5.41) is 15.2. The number of hydrogen-bond donors (Lipinski definition) is 2. The van der Waals surface area contributed by atoms with Gasteiger partial charge in [-0.2, -0.15) is 0 Å². The minimum atomic E-state index is 0. The summed E-state index contributed by atoms with van der Waals surface area (Å²) in [7, 11) is 3.52. The van der Waals surface area contributed by atoms with Gasteiger partial charge in [0, 0.05) is 13.6 Å². The van der Waals surface area contributed by atoms with Crippen molar-refractivity contribution in [3.05, 3.63) is 53.1 Å². The van der Waals surface area contributed by atoms with Gasteiger partial charge in [0.05, 0.1) is 25.2 Å². The third kappa shape index (κ3) is 6.17. The first-order chi connectivity index (χ1) is 12.0. The first-order valence-corrected chi connectivity index (χ1v) is 8.23. The molecule has 26 heavy (non-hydrogen) atoms. The second kappa shape index (κ2) is 11.0. The molecule has 0 aliphatic heterocycles. The molecule has 0 aliphatic carbocycles. The summed E-state index contributed by atoms with van der Waals surface area (Å²) in [6.45, 7) is 7.23. The van der Waals surface area contributed by atoms with Crippen LogP contribution in [0.25, 0.3) is 0 Å². The zero-order valence-corrected chi connectivity index (χ0v) is 18.2. The molecular formula is C17H24ClIN6O. The number of benzene rings is 1. The van der Waals surface area contributed by atoms with Gasteiger partial charge in [0.15, 0.2) is 11.8 Å². The van der Waals surface area contributed by atoms with Gasteiger partial charge in [0.2, 0.25) is 0 Å². The van der Waals surface area contributed by atoms with Crippen LogP contribution in [0.2, 0.25) is 5.02 Å². The molecule has 0 saturated carbocycles. The fourth-order valence-corrected chi connectivity index (χ4v) is 2.37. The third-order valence-corrected chi connectivity index (χ3v) is 3.94. The van der Waals surface area contributed by atoms with E-state index in [1.165, 1.54) is 0 Å². The van der Waals surface area contributed by atoms with Gasteiger partial charge in [0.25, 0.3) is 0 Å². The van der Waals surface area contributed by atoms with Crippen LogP contribution in [0.1, 0.15) is 17.2 Å². The maximum Gasteiger partial charge on any atom is 0.192 e. The second-order valence-electron chi connectivity index (χ2n) is 5.38. The molecule has 1 heterocycles. The van der Waals surface area contributed by atoms with Crippen molar-refractivity contribution in [1.82, 2.24) is 25.4 Å². The first-order valence-electron chi connectivity index (χ1n) is 7.85. The van der Waals surface area contributed by atoms with E-state index in [9.17, 15) is 0 Å². The molecule has 0 amide bonds. The van der Waals surface area contributed by atoms with E-state index in [1.807, 2.05) is 36.7 Å². The van der Waals surface area contributed by atoms with E-state index in [1.54, 1.807) is 13.2 Å². The summed E-state index contributed by atoms with van der Waals surface area (Å²) < 4.78 is 7.09. The SMILES string of the molecule is C=CCNC(=NCc1ccc(OC)c(Cl)c1)NCc1nnc(C)n1C.I. The van der Waals surface area contributed by atoms with Gasteiger partial charge < -0.3 is 19.9 Å². The van der Waals surface area contributed by atoms with Gasteiger partial charge in [-0.15, -0.1) is 40.8 Å². The highest BCUT2D eigenvalue weighted by atomic mass is 127. The molecule has 1 aromatic heterocycles. The Kier molecular flexibility index (Phi) is 9.42. The molecule has 2 rings (SSSR count). The highest BCUT2D eigenvalue weighted by molar-refractivity contribution is 14.0. The number of methoxy groups -OCH3 is 1. The average Bonchev–Trinajstić information content (AvgIpc) is 2.93. The molecule has 0 bridgehead atoms. The van der Waals surface area contributed by atoms with Gasteiger partial charge >= 0.3 is 0 Å². The van der Waals surface area contributed by atoms with Crippen LogP contribution in [0.3, 0.4) is 0 Å². The number of rotatable bonds is 7. The molecule has 0 saturated heterocycles. The second-order valence-corrected chi connectivity index (χ2v) is 5.79. The Labute approximate surface area is 175 Å². The maximum atomic E-state index is 6.15. The quantitative estimate of drug-likeness (QED) is 0.270. The van der Waals surface area contributed by atoms with Crippen LogP contribution in [-0.2, 0) is 20.1 Å². The van der Waals surface area contributed by atoms with E-state index < -0.39 is 0 Å². The molecule has 1 aromatic carbocycles. The summed E-state index contributed by atoms with van der Waals surface area (Å²) in [5.74, 6) is 3.00. The number of aromatic nitrogens is 3. The monoisotopic (exact) mass is 490 g/mol. The van der Waals surface area contributed by atoms with E-state index in [0.717, 1.165) is 17.2 Å². The zero-order chi connectivity index (χ0) is 18.2. The van der Waals surface area contributed by atoms with Crippen LogP contribution in [0.4, 0.5) is 0 Å². The molecule has 0 atom stereocenters. The molecular weight excluding hydrogens is 467 g/mol. The van der Waals surface area contributed by atoms with Crippen LogP contribution in [0.5, 0.6) is 5.75 Å². The summed E-state index contributed by atoms with van der Waals surface area (Å²) >= 11 is 6.15. The van der Waals surface area contributed by atoms with E-state index in [0.29, 0.717) is 36.4 Å². The topological polar surface area (TPSA) is 76.4 Å². The Bertz CT molecular complexity index is 762. The number of aliphatic imine (C=N–C) groups is 1. The predicted molar refractivity (Wildman–Crippen MR) is 115 cm³/mol. The normalized spacial score (nSPS) is 10.8. The van der Waals surface area contributed by atoms with Gasteiger partial charge in [-0.1, -0.05) is 23.7 Å². The number of guanidine groups is 1. The highest BCUT2D eigenvalue weighted by Gasteiger charge is 2.06. The number of halogens is 2. The molecule has 0 radical (unpaired) electrons. The van der Waals surface area contributed by atoms with Crippen molar-refractivity contribution in [2.24, 2.45) is 12.0 Å². The van der Waals surface area contributed by atoms with Crippen molar-refractivity contribution in [1.29, 1.82) is 0 Å². The lowest BCUT2D eigenvalue weighted by atomic mass is 10.2. The molecule has 7 nitrogen and oxygen atoms in total. The lowest BCUT2D eigenvalue weighted by Crippen LogP contribution is -2.37. The van der Waals surface area contributed by atoms with E-state index >= 15 is 0 Å². The van der Waals surface area contributed by atoms with Crippen molar-refractivity contribution in [3.63, 3.8) is 0 Å². The molecule has 142 valence electrons. The van der Waals surface area contributed by atoms with Gasteiger partial charge in [-0.25, -0.2) is 4.99 Å². The highest BCUT2D eigenvalue weighted by Crippen LogP contribution is 2.25. The Hall–Kier alpha value is -1.81. The average molecular weight is 491 g/mol. The molecule has 0 unspecified atom stereocenters. The maximum absolute atomic E-state index is 6.15. The van der Waals surface area contributed by atoms with Gasteiger partial charge in [-0.05, 0) is 24.6 Å². The summed E-state index contributed by atoms with van der Waals surface area (Å²) in [4.78, 5) is 4.57. The molecule has 0 aliphatic rings. The van der Waals surface area contributed by atoms with Crippen molar-refractivity contribution in [3.8, 4) is 5.75 Å². The van der Waals surface area contributed by atoms with Crippen molar-refractivity contribution < 1.29 is 4.74 Å². The Balaban J connectivity index is 0.00000338. The summed E-state index contributed by atoms with van der Waals surface area (Å²) in [6.07, 6.45) is 1.77. The largest absolute Gasteiger partial charge is 0.495 e. The van der Waals surface area contributed by atoms with Crippen molar-refractivity contribution in [2.75, 3.05) is 13.7 Å². The van der Waals surface area contributed by atoms with Crippen LogP contribution >= 0.6 is 35.6 Å². The van der Waals surface area contributed by atoms with Crippen molar-refractivity contribution >= 4 is 41.5 Å². The van der Waals surface area contributed by atoms with Gasteiger partial charge in [-0.3, -0.25) is 0 Å².